The third kappa shape index (κ3) is 3.31. The van der Waals surface area contributed by atoms with E-state index in [0.717, 1.165) is 19.3 Å². The molecule has 144 valence electrons. The molecule has 0 bridgehead atoms. The van der Waals surface area contributed by atoms with Gasteiger partial charge in [-0.25, -0.2) is 4.98 Å². The Morgan fingerprint density at radius 3 is 2.62 bits per heavy atom. The van der Waals surface area contributed by atoms with Gasteiger partial charge in [-0.05, 0) is 33.1 Å². The fraction of sp³-hybridized carbons (Fsp3) is 0.750. The molecule has 2 aliphatic rings. The minimum Gasteiger partial charge on any atom is -0.378 e. The molecule has 2 fully saturated rings. The highest BCUT2D eigenvalue weighted by molar-refractivity contribution is 5.95. The van der Waals surface area contributed by atoms with Crippen molar-refractivity contribution in [1.29, 1.82) is 0 Å². The van der Waals surface area contributed by atoms with Crippen molar-refractivity contribution in [1.82, 2.24) is 15.3 Å². The molecule has 0 saturated heterocycles. The lowest BCUT2D eigenvalue weighted by atomic mass is 9.55. The molecule has 6 heteroatoms. The second-order valence-electron chi connectivity index (χ2n) is 8.07. The molecule has 2 saturated carbocycles. The van der Waals surface area contributed by atoms with E-state index in [2.05, 4.69) is 15.3 Å². The van der Waals surface area contributed by atoms with Gasteiger partial charge in [-0.2, -0.15) is 0 Å². The predicted octanol–water partition coefficient (Wildman–Crippen LogP) is 3.06. The maximum atomic E-state index is 12.8. The lowest BCUT2D eigenvalue weighted by Crippen LogP contribution is -2.65. The lowest BCUT2D eigenvalue weighted by Gasteiger charge is -2.57. The SMILES string of the molecule is CCOC1CC(NC(=O)c2c(C)nc(C(C)C)[nH]c2=O)C12CCCCC2. The molecule has 2 N–H and O–H groups in total. The molecule has 2 aliphatic carbocycles. The summed E-state index contributed by atoms with van der Waals surface area (Å²) in [6.07, 6.45) is 6.83. The van der Waals surface area contributed by atoms with E-state index in [1.54, 1.807) is 6.92 Å². The van der Waals surface area contributed by atoms with E-state index in [0.29, 0.717) is 18.1 Å². The van der Waals surface area contributed by atoms with Crippen molar-refractivity contribution in [2.75, 3.05) is 6.61 Å². The number of hydrogen-bond donors (Lipinski definition) is 2. The highest BCUT2D eigenvalue weighted by Gasteiger charge is 2.56. The zero-order valence-corrected chi connectivity index (χ0v) is 16.4. The van der Waals surface area contributed by atoms with E-state index in [9.17, 15) is 9.59 Å². The van der Waals surface area contributed by atoms with Gasteiger partial charge >= 0.3 is 0 Å². The minimum absolute atomic E-state index is 0.0376. The molecule has 1 spiro atoms. The monoisotopic (exact) mass is 361 g/mol. The van der Waals surface area contributed by atoms with Crippen LogP contribution in [0.4, 0.5) is 0 Å². The van der Waals surface area contributed by atoms with Crippen LogP contribution in [-0.4, -0.2) is 34.6 Å². The normalized spacial score (nSPS) is 24.5. The van der Waals surface area contributed by atoms with Gasteiger partial charge in [0.25, 0.3) is 11.5 Å². The highest BCUT2D eigenvalue weighted by atomic mass is 16.5. The van der Waals surface area contributed by atoms with Crippen LogP contribution in [0.25, 0.3) is 0 Å². The van der Waals surface area contributed by atoms with Gasteiger partial charge in [0, 0.05) is 24.0 Å². The highest BCUT2D eigenvalue weighted by Crippen LogP contribution is 2.53. The third-order valence-electron chi connectivity index (χ3n) is 6.14. The number of H-pyrrole nitrogens is 1. The van der Waals surface area contributed by atoms with E-state index < -0.39 is 0 Å². The summed E-state index contributed by atoms with van der Waals surface area (Å²) in [5.74, 6) is 0.423. The standard InChI is InChI=1S/C20H31N3O3/c1-5-26-15-11-14(20(15)9-7-6-8-10-20)22-18(24)16-13(4)21-17(12(2)3)23-19(16)25/h12,14-15H,5-11H2,1-4H3,(H,22,24)(H,21,23,25). The van der Waals surface area contributed by atoms with Gasteiger partial charge in [0.15, 0.2) is 0 Å². The van der Waals surface area contributed by atoms with Crippen LogP contribution in [-0.2, 0) is 4.74 Å². The molecule has 6 nitrogen and oxygen atoms in total. The van der Waals surface area contributed by atoms with E-state index in [1.165, 1.54) is 19.3 Å². The number of hydrogen-bond acceptors (Lipinski definition) is 4. The van der Waals surface area contributed by atoms with Crippen molar-refractivity contribution in [2.24, 2.45) is 5.41 Å². The number of carbonyl (C=O) groups is 1. The molecular weight excluding hydrogens is 330 g/mol. The smallest absolute Gasteiger partial charge is 0.264 e. The lowest BCUT2D eigenvalue weighted by molar-refractivity contribution is -0.146. The predicted molar refractivity (Wildman–Crippen MR) is 100 cm³/mol. The van der Waals surface area contributed by atoms with Gasteiger partial charge in [-0.1, -0.05) is 33.1 Å². The molecular formula is C20H31N3O3. The van der Waals surface area contributed by atoms with Crippen LogP contribution in [0.3, 0.4) is 0 Å². The van der Waals surface area contributed by atoms with Crippen molar-refractivity contribution < 1.29 is 9.53 Å². The average molecular weight is 361 g/mol. The molecule has 1 heterocycles. The van der Waals surface area contributed by atoms with Gasteiger partial charge in [0.05, 0.1) is 11.8 Å². The summed E-state index contributed by atoms with van der Waals surface area (Å²) in [4.78, 5) is 32.5. The Hall–Kier alpha value is -1.69. The van der Waals surface area contributed by atoms with Crippen molar-refractivity contribution in [3.63, 3.8) is 0 Å². The number of aromatic nitrogens is 2. The fourth-order valence-electron chi connectivity index (χ4n) is 4.64. The largest absolute Gasteiger partial charge is 0.378 e. The first kappa shape index (κ1) is 19.1. The van der Waals surface area contributed by atoms with Crippen LogP contribution in [0.2, 0.25) is 0 Å². The van der Waals surface area contributed by atoms with Crippen molar-refractivity contribution >= 4 is 5.91 Å². The van der Waals surface area contributed by atoms with Crippen LogP contribution < -0.4 is 10.9 Å². The number of nitrogens with zero attached hydrogens (tertiary/aromatic N) is 1. The van der Waals surface area contributed by atoms with Crippen LogP contribution in [0.1, 0.15) is 87.1 Å². The van der Waals surface area contributed by atoms with Crippen LogP contribution >= 0.6 is 0 Å². The first-order valence-corrected chi connectivity index (χ1v) is 9.92. The average Bonchev–Trinajstić information content (AvgIpc) is 2.61. The van der Waals surface area contributed by atoms with Gasteiger partial charge in [-0.15, -0.1) is 0 Å². The summed E-state index contributed by atoms with van der Waals surface area (Å²) < 4.78 is 5.95. The van der Waals surface area contributed by atoms with Gasteiger partial charge in [0.1, 0.15) is 11.4 Å². The Balaban J connectivity index is 1.79. The number of ether oxygens (including phenoxy) is 1. The molecule has 3 rings (SSSR count). The third-order valence-corrected chi connectivity index (χ3v) is 6.14. The topological polar surface area (TPSA) is 84.1 Å². The van der Waals surface area contributed by atoms with Gasteiger partial charge in [0.2, 0.25) is 0 Å². The number of aryl methyl sites for hydroxylation is 1. The zero-order valence-electron chi connectivity index (χ0n) is 16.4. The van der Waals surface area contributed by atoms with E-state index in [4.69, 9.17) is 4.74 Å². The molecule has 1 aromatic heterocycles. The maximum absolute atomic E-state index is 12.8. The molecule has 2 unspecified atom stereocenters. The Bertz CT molecular complexity index is 720. The molecule has 1 amide bonds. The second kappa shape index (κ2) is 7.51. The number of nitrogens with one attached hydrogen (secondary N) is 2. The van der Waals surface area contributed by atoms with E-state index in [-0.39, 0.29) is 40.5 Å². The molecule has 2 atom stereocenters. The summed E-state index contributed by atoms with van der Waals surface area (Å²) in [7, 11) is 0. The number of carbonyl (C=O) groups excluding carboxylic acids is 1. The van der Waals surface area contributed by atoms with Gasteiger partial charge < -0.3 is 15.0 Å². The summed E-state index contributed by atoms with van der Waals surface area (Å²) >= 11 is 0. The first-order valence-electron chi connectivity index (χ1n) is 9.92. The second-order valence-corrected chi connectivity index (χ2v) is 8.07. The quantitative estimate of drug-likeness (QED) is 0.844. The Morgan fingerprint density at radius 1 is 1.35 bits per heavy atom. The van der Waals surface area contributed by atoms with E-state index >= 15 is 0 Å². The van der Waals surface area contributed by atoms with Crippen LogP contribution in [0.5, 0.6) is 0 Å². The molecule has 0 aliphatic heterocycles. The zero-order chi connectivity index (χ0) is 18.9. The van der Waals surface area contributed by atoms with Crippen LogP contribution in [0, 0.1) is 12.3 Å². The Morgan fingerprint density at radius 2 is 2.04 bits per heavy atom. The van der Waals surface area contributed by atoms with E-state index in [1.807, 2.05) is 20.8 Å². The summed E-state index contributed by atoms with van der Waals surface area (Å²) in [6, 6.07) is 0.0791. The summed E-state index contributed by atoms with van der Waals surface area (Å²) in [5.41, 5.74) is 0.321. The van der Waals surface area contributed by atoms with Crippen LogP contribution in [0.15, 0.2) is 4.79 Å². The molecule has 0 aromatic carbocycles. The van der Waals surface area contributed by atoms with Crippen molar-refractivity contribution in [3.05, 3.63) is 27.4 Å². The molecule has 26 heavy (non-hydrogen) atoms. The number of aromatic amines is 1. The van der Waals surface area contributed by atoms with Crippen molar-refractivity contribution in [2.45, 2.75) is 84.3 Å². The Labute approximate surface area is 155 Å². The molecule has 1 aromatic rings. The first-order chi connectivity index (χ1) is 12.4. The van der Waals surface area contributed by atoms with Crippen molar-refractivity contribution in [3.8, 4) is 0 Å². The Kier molecular flexibility index (Phi) is 5.51. The minimum atomic E-state index is -0.350. The molecule has 0 radical (unpaired) electrons. The summed E-state index contributed by atoms with van der Waals surface area (Å²) in [6.45, 7) is 8.38. The van der Waals surface area contributed by atoms with Gasteiger partial charge in [-0.3, -0.25) is 9.59 Å². The fourth-order valence-corrected chi connectivity index (χ4v) is 4.64. The number of amides is 1. The summed E-state index contributed by atoms with van der Waals surface area (Å²) in [5, 5.41) is 3.13. The maximum Gasteiger partial charge on any atom is 0.264 e. The number of rotatable bonds is 5.